The Morgan fingerprint density at radius 1 is 0.947 bits per heavy atom. The van der Waals surface area contributed by atoms with Crippen molar-refractivity contribution in [2.45, 2.75) is 24.6 Å². The Morgan fingerprint density at radius 3 is 1.63 bits per heavy atom. The van der Waals surface area contributed by atoms with Crippen molar-refractivity contribution in [2.24, 2.45) is 0 Å². The molecule has 0 aromatic heterocycles. The van der Waals surface area contributed by atoms with Crippen molar-refractivity contribution < 1.29 is 58.2 Å². The first-order valence-electron chi connectivity index (χ1n) is 4.49. The topological polar surface area (TPSA) is 214 Å². The molecule has 0 aliphatic carbocycles. The second-order valence-corrected chi connectivity index (χ2v) is 5.61. The van der Waals surface area contributed by atoms with Crippen LogP contribution in [0, 0.1) is 0 Å². The van der Waals surface area contributed by atoms with Crippen molar-refractivity contribution in [1.82, 2.24) is 0 Å². The molecule has 0 amide bonds. The van der Waals surface area contributed by atoms with E-state index in [4.69, 9.17) is 44.4 Å². The highest BCUT2D eigenvalue weighted by molar-refractivity contribution is 7.46. The summed E-state index contributed by atoms with van der Waals surface area (Å²) in [7, 11) is -9.28. The second kappa shape index (κ2) is 7.18. The van der Waals surface area contributed by atoms with Crippen LogP contribution in [0.1, 0.15) is 0 Å². The molecular weight excluding hydrogens is 314 g/mol. The maximum absolute atomic E-state index is 10.3. The molecule has 0 bridgehead atoms. The summed E-state index contributed by atoms with van der Waals surface area (Å²) in [4.78, 5) is 38.2. The SMILES string of the molecule is O=P(O)(O)O.O=P(O)(O)OC[C@H]1O[C@H](O)[C@H](O)[C@@H]1O. The summed E-state index contributed by atoms with van der Waals surface area (Å²) in [6.07, 6.45) is -5.67. The maximum Gasteiger partial charge on any atom is 0.469 e. The van der Waals surface area contributed by atoms with Crippen LogP contribution >= 0.6 is 15.6 Å². The van der Waals surface area contributed by atoms with Gasteiger partial charge in [-0.15, -0.1) is 0 Å². The average molecular weight is 328 g/mol. The van der Waals surface area contributed by atoms with Crippen molar-refractivity contribution in [3.8, 4) is 0 Å². The lowest BCUT2D eigenvalue weighted by Gasteiger charge is -2.14. The summed E-state index contributed by atoms with van der Waals surface area (Å²) in [5.74, 6) is 0. The summed E-state index contributed by atoms with van der Waals surface area (Å²) < 4.78 is 27.8. The van der Waals surface area contributed by atoms with Crippen LogP contribution in [0.2, 0.25) is 0 Å². The molecular formula is C5H14O12P2. The molecule has 14 heteroatoms. The minimum atomic E-state index is -4.64. The number of rotatable bonds is 3. The number of aliphatic hydroxyl groups excluding tert-OH is 3. The highest BCUT2D eigenvalue weighted by atomic mass is 31.2. The van der Waals surface area contributed by atoms with Crippen molar-refractivity contribution in [3.63, 3.8) is 0 Å². The van der Waals surface area contributed by atoms with E-state index in [-0.39, 0.29) is 0 Å². The quantitative estimate of drug-likeness (QED) is 0.238. The minimum absolute atomic E-state index is 0.612. The third kappa shape index (κ3) is 9.57. The van der Waals surface area contributed by atoms with Gasteiger partial charge in [0.15, 0.2) is 6.29 Å². The van der Waals surface area contributed by atoms with Gasteiger partial charge in [0.05, 0.1) is 6.61 Å². The Kier molecular flexibility index (Phi) is 7.20. The monoisotopic (exact) mass is 328 g/mol. The fraction of sp³-hybridized carbons (Fsp3) is 1.00. The first kappa shape index (κ1) is 19.1. The van der Waals surface area contributed by atoms with Gasteiger partial charge in [-0.1, -0.05) is 0 Å². The first-order chi connectivity index (χ1) is 8.31. The lowest BCUT2D eigenvalue weighted by molar-refractivity contribution is -0.132. The molecule has 0 aromatic rings. The van der Waals surface area contributed by atoms with Crippen molar-refractivity contribution in [2.75, 3.05) is 6.61 Å². The van der Waals surface area contributed by atoms with Crippen LogP contribution in [0.3, 0.4) is 0 Å². The van der Waals surface area contributed by atoms with E-state index in [1.165, 1.54) is 0 Å². The Balaban J connectivity index is 0.000000555. The normalized spacial score (nSPS) is 31.8. The number of phosphoric ester groups is 1. The molecule has 19 heavy (non-hydrogen) atoms. The van der Waals surface area contributed by atoms with Crippen LogP contribution in [0.25, 0.3) is 0 Å². The van der Waals surface area contributed by atoms with Gasteiger partial charge in [0.2, 0.25) is 0 Å². The van der Waals surface area contributed by atoms with Gasteiger partial charge < -0.3 is 44.5 Å². The van der Waals surface area contributed by atoms with Crippen LogP contribution in [0.5, 0.6) is 0 Å². The summed E-state index contributed by atoms with van der Waals surface area (Å²) >= 11 is 0. The zero-order chi connectivity index (χ0) is 15.4. The van der Waals surface area contributed by atoms with Gasteiger partial charge in [-0.25, -0.2) is 9.13 Å². The molecule has 0 aromatic carbocycles. The molecule has 12 nitrogen and oxygen atoms in total. The Bertz CT molecular complexity index is 351. The molecule has 4 atom stereocenters. The predicted molar refractivity (Wildman–Crippen MR) is 55.2 cm³/mol. The van der Waals surface area contributed by atoms with E-state index >= 15 is 0 Å². The third-order valence-corrected chi connectivity index (χ3v) is 2.23. The third-order valence-electron chi connectivity index (χ3n) is 1.74. The number of ether oxygens (including phenoxy) is 1. The van der Waals surface area contributed by atoms with Crippen molar-refractivity contribution in [1.29, 1.82) is 0 Å². The van der Waals surface area contributed by atoms with Gasteiger partial charge in [0.25, 0.3) is 0 Å². The smallest absolute Gasteiger partial charge is 0.387 e. The summed E-state index contributed by atoms with van der Waals surface area (Å²) in [5.41, 5.74) is 0. The zero-order valence-electron chi connectivity index (χ0n) is 9.12. The summed E-state index contributed by atoms with van der Waals surface area (Å²) in [6.45, 7) is -0.612. The fourth-order valence-corrected chi connectivity index (χ4v) is 1.38. The lowest BCUT2D eigenvalue weighted by Crippen LogP contribution is -2.34. The molecule has 1 aliphatic heterocycles. The molecule has 0 unspecified atom stereocenters. The maximum atomic E-state index is 10.3. The molecule has 8 N–H and O–H groups in total. The fourth-order valence-electron chi connectivity index (χ4n) is 1.04. The number of aliphatic hydroxyl groups is 3. The Hall–Kier alpha value is 0.0600. The largest absolute Gasteiger partial charge is 0.469 e. The number of phosphoric acid groups is 2. The van der Waals surface area contributed by atoms with Gasteiger partial charge in [0, 0.05) is 0 Å². The zero-order valence-corrected chi connectivity index (χ0v) is 10.9. The van der Waals surface area contributed by atoms with E-state index < -0.39 is 46.9 Å². The van der Waals surface area contributed by atoms with Crippen LogP contribution in [0.15, 0.2) is 0 Å². The van der Waals surface area contributed by atoms with Gasteiger partial charge >= 0.3 is 15.6 Å². The molecule has 1 saturated heterocycles. The number of hydrogen-bond donors (Lipinski definition) is 8. The molecule has 1 rings (SSSR count). The molecule has 0 saturated carbocycles. The standard InChI is InChI=1S/C5H11O8P.H3O4P/c6-3-2(1-12-14(9,10)11)13-5(8)4(3)7;1-5(2,3)4/h2-8H,1H2,(H2,9,10,11);(H3,1,2,3,4)/t2-,3-,4-,5+;/m1./s1. The van der Waals surface area contributed by atoms with Crippen LogP contribution in [-0.2, 0) is 18.4 Å². The van der Waals surface area contributed by atoms with Crippen LogP contribution < -0.4 is 0 Å². The van der Waals surface area contributed by atoms with Gasteiger partial charge in [-0.3, -0.25) is 4.52 Å². The van der Waals surface area contributed by atoms with E-state index in [1.807, 2.05) is 0 Å². The lowest BCUT2D eigenvalue weighted by atomic mass is 10.1. The molecule has 1 heterocycles. The van der Waals surface area contributed by atoms with Gasteiger partial charge in [-0.2, -0.15) is 0 Å². The van der Waals surface area contributed by atoms with Crippen molar-refractivity contribution >= 4 is 15.6 Å². The van der Waals surface area contributed by atoms with E-state index in [9.17, 15) is 4.57 Å². The molecule has 0 radical (unpaired) electrons. The van der Waals surface area contributed by atoms with Gasteiger partial charge in [0.1, 0.15) is 18.3 Å². The second-order valence-electron chi connectivity index (χ2n) is 3.35. The summed E-state index contributed by atoms with van der Waals surface area (Å²) in [6, 6.07) is 0. The molecule has 0 spiro atoms. The minimum Gasteiger partial charge on any atom is -0.387 e. The molecule has 1 fully saturated rings. The highest BCUT2D eigenvalue weighted by Crippen LogP contribution is 2.36. The van der Waals surface area contributed by atoms with Gasteiger partial charge in [-0.05, 0) is 0 Å². The number of hydrogen-bond acceptors (Lipinski definition) is 7. The predicted octanol–water partition coefficient (Wildman–Crippen LogP) is -3.39. The average Bonchev–Trinajstić information content (AvgIpc) is 2.39. The molecule has 1 aliphatic rings. The van der Waals surface area contributed by atoms with Crippen LogP contribution in [-0.4, -0.2) is 71.0 Å². The Labute approximate surface area is 106 Å². The van der Waals surface area contributed by atoms with E-state index in [2.05, 4.69) is 9.26 Å². The van der Waals surface area contributed by atoms with E-state index in [0.717, 1.165) is 0 Å². The molecule has 116 valence electrons. The first-order valence-corrected chi connectivity index (χ1v) is 7.59. The van der Waals surface area contributed by atoms with E-state index in [0.29, 0.717) is 0 Å². The van der Waals surface area contributed by atoms with Crippen molar-refractivity contribution in [3.05, 3.63) is 0 Å². The highest BCUT2D eigenvalue weighted by Gasteiger charge is 2.42. The summed E-state index contributed by atoms with van der Waals surface area (Å²) in [5, 5.41) is 27.0. The Morgan fingerprint density at radius 2 is 1.37 bits per heavy atom. The van der Waals surface area contributed by atoms with E-state index in [1.54, 1.807) is 0 Å². The van der Waals surface area contributed by atoms with Crippen LogP contribution in [0.4, 0.5) is 0 Å².